The molecule has 1 saturated carbocycles. The van der Waals surface area contributed by atoms with Gasteiger partial charge in [-0.25, -0.2) is 4.90 Å². The van der Waals surface area contributed by atoms with E-state index < -0.39 is 0 Å². The number of aromatic amines is 1. The zero-order valence-electron chi connectivity index (χ0n) is 20.8. The second-order valence-electron chi connectivity index (χ2n) is 11.3. The van der Waals surface area contributed by atoms with Gasteiger partial charge in [-0.1, -0.05) is 61.9 Å². The number of amides is 2. The van der Waals surface area contributed by atoms with E-state index in [9.17, 15) is 9.59 Å². The molecule has 0 bridgehead atoms. The first-order valence-corrected chi connectivity index (χ1v) is 13.1. The van der Waals surface area contributed by atoms with Gasteiger partial charge in [0.2, 0.25) is 11.8 Å². The van der Waals surface area contributed by atoms with Gasteiger partial charge >= 0.3 is 0 Å². The number of anilines is 1. The van der Waals surface area contributed by atoms with Crippen LogP contribution in [-0.4, -0.2) is 16.8 Å². The van der Waals surface area contributed by atoms with E-state index in [4.69, 9.17) is 0 Å². The molecule has 2 fully saturated rings. The molecule has 2 aromatic carbocycles. The Morgan fingerprint density at radius 3 is 2.43 bits per heavy atom. The molecule has 4 nitrogen and oxygen atoms in total. The summed E-state index contributed by atoms with van der Waals surface area (Å²) in [6.07, 6.45) is 4.10. The van der Waals surface area contributed by atoms with Gasteiger partial charge in [-0.05, 0) is 73.3 Å². The van der Waals surface area contributed by atoms with Crippen LogP contribution >= 0.6 is 0 Å². The molecule has 0 radical (unpaired) electrons. The van der Waals surface area contributed by atoms with Gasteiger partial charge in [-0.15, -0.1) is 0 Å². The number of hydrogen-bond acceptors (Lipinski definition) is 2. The Bertz CT molecular complexity index is 1260. The van der Waals surface area contributed by atoms with Crippen LogP contribution in [0.3, 0.4) is 0 Å². The van der Waals surface area contributed by atoms with Crippen molar-refractivity contribution in [1.29, 1.82) is 0 Å². The maximum atomic E-state index is 13.9. The molecule has 1 N–H and O–H groups in total. The van der Waals surface area contributed by atoms with Crippen molar-refractivity contribution < 1.29 is 9.59 Å². The van der Waals surface area contributed by atoms with Crippen LogP contribution in [0.2, 0.25) is 0 Å². The van der Waals surface area contributed by atoms with E-state index in [1.54, 1.807) is 0 Å². The summed E-state index contributed by atoms with van der Waals surface area (Å²) in [5.41, 5.74) is 6.63. The largest absolute Gasteiger partial charge is 0.361 e. The number of aromatic nitrogens is 1. The Labute approximate surface area is 207 Å². The van der Waals surface area contributed by atoms with E-state index in [0.717, 1.165) is 30.5 Å². The fourth-order valence-corrected chi connectivity index (χ4v) is 7.01. The quantitative estimate of drug-likeness (QED) is 0.455. The predicted octanol–water partition coefficient (Wildman–Crippen LogP) is 6.36. The summed E-state index contributed by atoms with van der Waals surface area (Å²) in [7, 11) is 0. The lowest BCUT2D eigenvalue weighted by molar-refractivity contribution is -0.123. The van der Waals surface area contributed by atoms with E-state index in [1.807, 2.05) is 30.3 Å². The Morgan fingerprint density at radius 2 is 1.71 bits per heavy atom. The van der Waals surface area contributed by atoms with Crippen LogP contribution in [0.4, 0.5) is 5.69 Å². The molecule has 0 spiro atoms. The maximum Gasteiger partial charge on any atom is 0.242 e. The van der Waals surface area contributed by atoms with Crippen LogP contribution in [0.5, 0.6) is 0 Å². The van der Waals surface area contributed by atoms with Crippen molar-refractivity contribution in [1.82, 2.24) is 4.98 Å². The number of nitrogens with one attached hydrogen (secondary N) is 1. The zero-order valence-corrected chi connectivity index (χ0v) is 20.8. The molecule has 5 atom stereocenters. The smallest absolute Gasteiger partial charge is 0.242 e. The third-order valence-electron chi connectivity index (χ3n) is 8.87. The van der Waals surface area contributed by atoms with Crippen molar-refractivity contribution in [3.8, 4) is 0 Å². The van der Waals surface area contributed by atoms with Gasteiger partial charge in [-0.2, -0.15) is 0 Å². The first-order valence-electron chi connectivity index (χ1n) is 13.1. The number of carbonyl (C=O) groups is 2. The molecule has 2 heterocycles. The highest BCUT2D eigenvalue weighted by Gasteiger charge is 2.58. The number of rotatable bonds is 4. The molecule has 1 unspecified atom stereocenters. The molecule has 1 saturated heterocycles. The van der Waals surface area contributed by atoms with Crippen LogP contribution in [0, 0.1) is 30.6 Å². The lowest BCUT2D eigenvalue weighted by Gasteiger charge is -2.44. The summed E-state index contributed by atoms with van der Waals surface area (Å²) >= 11 is 0. The number of aryl methyl sites for hydroxylation is 1. The summed E-state index contributed by atoms with van der Waals surface area (Å²) in [5.74, 6) is 1.03. The van der Waals surface area contributed by atoms with Gasteiger partial charge in [0.25, 0.3) is 0 Å². The molecule has 1 aromatic heterocycles. The molecule has 3 aliphatic rings. The minimum absolute atomic E-state index is 0.00228. The van der Waals surface area contributed by atoms with Crippen molar-refractivity contribution in [3.63, 3.8) is 0 Å². The fraction of sp³-hybridized carbons (Fsp3) is 0.419. The average Bonchev–Trinajstić information content (AvgIpc) is 3.39. The van der Waals surface area contributed by atoms with Gasteiger partial charge in [0, 0.05) is 23.7 Å². The topological polar surface area (TPSA) is 53.2 Å². The summed E-state index contributed by atoms with van der Waals surface area (Å²) in [6.45, 7) is 6.69. The van der Waals surface area contributed by atoms with Crippen LogP contribution in [0.1, 0.15) is 73.0 Å². The summed E-state index contributed by atoms with van der Waals surface area (Å²) in [6, 6.07) is 20.3. The van der Waals surface area contributed by atoms with E-state index >= 15 is 0 Å². The number of imide groups is 1. The number of hydrogen-bond donors (Lipinski definition) is 1. The molecule has 2 aliphatic carbocycles. The molecule has 35 heavy (non-hydrogen) atoms. The molecule has 4 heteroatoms. The highest BCUT2D eigenvalue weighted by molar-refractivity contribution is 6.24. The number of para-hydroxylation sites is 1. The number of benzene rings is 2. The molecule has 3 aromatic rings. The van der Waals surface area contributed by atoms with Crippen molar-refractivity contribution in [2.75, 3.05) is 4.90 Å². The summed E-state index contributed by atoms with van der Waals surface area (Å²) in [4.78, 5) is 33.1. The maximum absolute atomic E-state index is 13.9. The van der Waals surface area contributed by atoms with Crippen LogP contribution in [0.15, 0.2) is 60.7 Å². The second kappa shape index (κ2) is 8.51. The van der Waals surface area contributed by atoms with Crippen LogP contribution < -0.4 is 4.90 Å². The van der Waals surface area contributed by atoms with E-state index in [-0.39, 0.29) is 29.6 Å². The van der Waals surface area contributed by atoms with Crippen LogP contribution in [-0.2, 0) is 16.0 Å². The van der Waals surface area contributed by atoms with E-state index in [1.165, 1.54) is 28.1 Å². The van der Waals surface area contributed by atoms with Gasteiger partial charge in [-0.3, -0.25) is 9.59 Å². The summed E-state index contributed by atoms with van der Waals surface area (Å²) < 4.78 is 0. The fourth-order valence-electron chi connectivity index (χ4n) is 7.01. The number of fused-ring (bicyclic) bond motifs is 6. The third-order valence-corrected chi connectivity index (χ3v) is 8.87. The van der Waals surface area contributed by atoms with Crippen molar-refractivity contribution in [2.24, 2.45) is 23.7 Å². The SMILES string of the molecule is Cc1ccc(Cc2cc3c([nH]2)[C@H]2CCC(C(C)C)C[C@@H]2[C@@H]2C(=O)N(c4ccccc4)C(=O)[C@H]32)cc1. The monoisotopic (exact) mass is 466 g/mol. The number of H-pyrrole nitrogens is 1. The average molecular weight is 467 g/mol. The van der Waals surface area contributed by atoms with Crippen molar-refractivity contribution in [3.05, 3.63) is 88.7 Å². The Kier molecular flexibility index (Phi) is 5.43. The van der Waals surface area contributed by atoms with Crippen molar-refractivity contribution >= 4 is 17.5 Å². The van der Waals surface area contributed by atoms with E-state index in [2.05, 4.69) is 56.1 Å². The molecular weight excluding hydrogens is 432 g/mol. The predicted molar refractivity (Wildman–Crippen MR) is 138 cm³/mol. The molecule has 2 amide bonds. The lowest BCUT2D eigenvalue weighted by Crippen LogP contribution is -2.40. The van der Waals surface area contributed by atoms with Gasteiger partial charge in [0.1, 0.15) is 0 Å². The molecule has 6 rings (SSSR count). The zero-order chi connectivity index (χ0) is 24.3. The van der Waals surface area contributed by atoms with E-state index in [0.29, 0.717) is 23.4 Å². The summed E-state index contributed by atoms with van der Waals surface area (Å²) in [5, 5.41) is 0. The Balaban J connectivity index is 1.42. The molecular formula is C31H34N2O2. The highest BCUT2D eigenvalue weighted by Crippen LogP contribution is 2.57. The number of carbonyl (C=O) groups excluding carboxylic acids is 2. The Morgan fingerprint density at radius 1 is 0.971 bits per heavy atom. The highest BCUT2D eigenvalue weighted by atomic mass is 16.2. The van der Waals surface area contributed by atoms with Crippen LogP contribution in [0.25, 0.3) is 0 Å². The molecule has 180 valence electrons. The van der Waals surface area contributed by atoms with Gasteiger partial charge < -0.3 is 4.98 Å². The minimum atomic E-state index is -0.382. The third kappa shape index (κ3) is 3.65. The lowest BCUT2D eigenvalue weighted by atomic mass is 9.58. The normalized spacial score (nSPS) is 27.7. The molecule has 1 aliphatic heterocycles. The van der Waals surface area contributed by atoms with Gasteiger partial charge in [0.15, 0.2) is 0 Å². The standard InChI is InChI=1S/C31H34N2O2/c1-18(2)21-13-14-24-25(16-21)27-28(31(35)33(30(27)34)23-7-5-4-6-8-23)26-17-22(32-29(24)26)15-20-11-9-19(3)10-12-20/h4-12,17-18,21,24-25,27-28,32H,13-16H2,1-3H3/t21?,24-,25-,27-,28+/m0/s1. The van der Waals surface area contributed by atoms with Gasteiger partial charge in [0.05, 0.1) is 17.5 Å². The first kappa shape index (κ1) is 22.3. The minimum Gasteiger partial charge on any atom is -0.361 e. The number of nitrogens with zero attached hydrogens (tertiary/aromatic N) is 1. The second-order valence-corrected chi connectivity index (χ2v) is 11.3. The first-order chi connectivity index (χ1) is 16.9. The van der Waals surface area contributed by atoms with Crippen molar-refractivity contribution in [2.45, 2.75) is 58.3 Å². The Hall–Kier alpha value is -3.14.